The summed E-state index contributed by atoms with van der Waals surface area (Å²) in [7, 11) is 1.81. The number of hydrogen-bond donors (Lipinski definition) is 2. The molecular formula is C24H42FIN6O. The minimum Gasteiger partial charge on any atom is -0.379 e. The maximum absolute atomic E-state index is 13.4. The molecule has 2 fully saturated rings. The number of aliphatic imine (C=N–C) groups is 1. The van der Waals surface area contributed by atoms with Gasteiger partial charge in [-0.1, -0.05) is 19.1 Å². The average molecular weight is 577 g/mol. The first-order valence-electron chi connectivity index (χ1n) is 12.2. The number of hydrogen-bond acceptors (Lipinski definition) is 5. The number of halogens is 2. The van der Waals surface area contributed by atoms with E-state index in [0.29, 0.717) is 6.54 Å². The quantitative estimate of drug-likeness (QED) is 0.193. The van der Waals surface area contributed by atoms with Crippen molar-refractivity contribution in [3.63, 3.8) is 0 Å². The molecule has 33 heavy (non-hydrogen) atoms. The zero-order valence-corrected chi connectivity index (χ0v) is 22.6. The third-order valence-electron chi connectivity index (χ3n) is 6.53. The molecule has 0 bridgehead atoms. The van der Waals surface area contributed by atoms with Crippen LogP contribution in [0.25, 0.3) is 0 Å². The fourth-order valence-electron chi connectivity index (χ4n) is 4.44. The third kappa shape index (κ3) is 9.64. The van der Waals surface area contributed by atoms with Gasteiger partial charge in [-0.05, 0) is 43.6 Å². The van der Waals surface area contributed by atoms with Gasteiger partial charge in [-0.15, -0.1) is 24.0 Å². The number of guanidine groups is 1. The number of unbranched alkanes of at least 4 members (excludes halogenated alkanes) is 1. The average Bonchev–Trinajstić information content (AvgIpc) is 2.84. The van der Waals surface area contributed by atoms with Crippen LogP contribution in [0.2, 0.25) is 0 Å². The van der Waals surface area contributed by atoms with E-state index in [9.17, 15) is 4.39 Å². The first-order chi connectivity index (χ1) is 15.7. The SMILES string of the molecule is CCN1CCN(CCCCNC(=NC)NCC(c2ccc(F)cc2)N2CCOCC2)CC1.I. The molecule has 0 spiro atoms. The first kappa shape index (κ1) is 28.2. The molecule has 9 heteroatoms. The maximum atomic E-state index is 13.4. The lowest BCUT2D eigenvalue weighted by Gasteiger charge is -2.35. The van der Waals surface area contributed by atoms with Gasteiger partial charge in [-0.2, -0.15) is 0 Å². The highest BCUT2D eigenvalue weighted by molar-refractivity contribution is 14.0. The molecule has 1 aromatic carbocycles. The Morgan fingerprint density at radius 2 is 1.67 bits per heavy atom. The van der Waals surface area contributed by atoms with Gasteiger partial charge in [0, 0.05) is 59.4 Å². The van der Waals surface area contributed by atoms with Crippen molar-refractivity contribution in [1.29, 1.82) is 0 Å². The molecule has 0 aliphatic carbocycles. The summed E-state index contributed by atoms with van der Waals surface area (Å²) in [5.41, 5.74) is 1.11. The molecule has 0 radical (unpaired) electrons. The summed E-state index contributed by atoms with van der Waals surface area (Å²) in [6.07, 6.45) is 2.32. The normalized spacial score (nSPS) is 19.7. The number of rotatable bonds is 10. The van der Waals surface area contributed by atoms with Gasteiger partial charge in [0.1, 0.15) is 5.82 Å². The summed E-state index contributed by atoms with van der Waals surface area (Å²) in [6, 6.07) is 7.00. The second-order valence-electron chi connectivity index (χ2n) is 8.58. The molecule has 0 aromatic heterocycles. The van der Waals surface area contributed by atoms with E-state index in [0.717, 1.165) is 57.3 Å². The fourth-order valence-corrected chi connectivity index (χ4v) is 4.44. The summed E-state index contributed by atoms with van der Waals surface area (Å²) in [6.45, 7) is 14.2. The highest BCUT2D eigenvalue weighted by Gasteiger charge is 2.23. The van der Waals surface area contributed by atoms with E-state index >= 15 is 0 Å². The van der Waals surface area contributed by atoms with Gasteiger partial charge in [0.15, 0.2) is 5.96 Å². The molecule has 2 aliphatic rings. The van der Waals surface area contributed by atoms with Crippen molar-refractivity contribution < 1.29 is 9.13 Å². The Kier molecular flexibility index (Phi) is 13.5. The molecule has 2 saturated heterocycles. The minimum atomic E-state index is -0.202. The molecule has 1 aromatic rings. The zero-order chi connectivity index (χ0) is 22.6. The summed E-state index contributed by atoms with van der Waals surface area (Å²) < 4.78 is 19.0. The van der Waals surface area contributed by atoms with Gasteiger partial charge in [0.25, 0.3) is 0 Å². The minimum absolute atomic E-state index is 0. The lowest BCUT2D eigenvalue weighted by atomic mass is 10.0. The number of nitrogens with one attached hydrogen (secondary N) is 2. The lowest BCUT2D eigenvalue weighted by Crippen LogP contribution is -2.47. The summed E-state index contributed by atoms with van der Waals surface area (Å²) >= 11 is 0. The Bertz CT molecular complexity index is 678. The van der Waals surface area contributed by atoms with Crippen molar-refractivity contribution >= 4 is 29.9 Å². The summed E-state index contributed by atoms with van der Waals surface area (Å²) in [4.78, 5) is 11.9. The molecule has 0 saturated carbocycles. The highest BCUT2D eigenvalue weighted by atomic mass is 127. The zero-order valence-electron chi connectivity index (χ0n) is 20.3. The Balaban J connectivity index is 0.00000385. The molecule has 3 rings (SSSR count). The van der Waals surface area contributed by atoms with Crippen molar-refractivity contribution in [2.45, 2.75) is 25.8 Å². The van der Waals surface area contributed by atoms with Gasteiger partial charge in [-0.25, -0.2) is 4.39 Å². The van der Waals surface area contributed by atoms with Crippen LogP contribution in [0.15, 0.2) is 29.3 Å². The van der Waals surface area contributed by atoms with Crippen LogP contribution in [-0.4, -0.2) is 106 Å². The molecule has 7 nitrogen and oxygen atoms in total. The van der Waals surface area contributed by atoms with Gasteiger partial charge in [-0.3, -0.25) is 9.89 Å². The first-order valence-corrected chi connectivity index (χ1v) is 12.2. The van der Waals surface area contributed by atoms with Crippen molar-refractivity contribution in [1.82, 2.24) is 25.3 Å². The van der Waals surface area contributed by atoms with Crippen LogP contribution in [0, 0.1) is 5.82 Å². The highest BCUT2D eigenvalue weighted by Crippen LogP contribution is 2.21. The number of ether oxygens (including phenoxy) is 1. The van der Waals surface area contributed by atoms with Gasteiger partial charge >= 0.3 is 0 Å². The van der Waals surface area contributed by atoms with Crippen molar-refractivity contribution in [3.8, 4) is 0 Å². The van der Waals surface area contributed by atoms with Crippen LogP contribution >= 0.6 is 24.0 Å². The molecule has 1 unspecified atom stereocenters. The molecule has 1 atom stereocenters. The van der Waals surface area contributed by atoms with Crippen LogP contribution < -0.4 is 10.6 Å². The maximum Gasteiger partial charge on any atom is 0.191 e. The molecule has 2 heterocycles. The van der Waals surface area contributed by atoms with Crippen LogP contribution in [-0.2, 0) is 4.74 Å². The monoisotopic (exact) mass is 576 g/mol. The molecule has 0 amide bonds. The summed E-state index contributed by atoms with van der Waals surface area (Å²) in [5, 5.41) is 6.93. The molecular weight excluding hydrogens is 534 g/mol. The largest absolute Gasteiger partial charge is 0.379 e. The number of benzene rings is 1. The van der Waals surface area contributed by atoms with E-state index in [2.05, 4.69) is 37.2 Å². The number of morpholine rings is 1. The molecule has 2 N–H and O–H groups in total. The van der Waals surface area contributed by atoms with Gasteiger partial charge < -0.3 is 25.2 Å². The van der Waals surface area contributed by atoms with Crippen LogP contribution in [0.3, 0.4) is 0 Å². The topological polar surface area (TPSA) is 55.4 Å². The Morgan fingerprint density at radius 3 is 2.30 bits per heavy atom. The third-order valence-corrected chi connectivity index (χ3v) is 6.53. The lowest BCUT2D eigenvalue weighted by molar-refractivity contribution is 0.0170. The second kappa shape index (κ2) is 15.8. The van der Waals surface area contributed by atoms with E-state index in [1.165, 1.54) is 51.3 Å². The predicted molar refractivity (Wildman–Crippen MR) is 144 cm³/mol. The van der Waals surface area contributed by atoms with E-state index in [1.54, 1.807) is 0 Å². The molecule has 2 aliphatic heterocycles. The standard InChI is InChI=1S/C24H41FN6O.HI/c1-3-29-12-14-30(15-13-29)11-5-4-10-27-24(26-2)28-20-23(31-16-18-32-19-17-31)21-6-8-22(25)9-7-21;/h6-9,23H,3-5,10-20H2,1-2H3,(H2,26,27,28);1H. The Labute approximate surface area is 216 Å². The van der Waals surface area contributed by atoms with Gasteiger partial charge in [0.2, 0.25) is 0 Å². The van der Waals surface area contributed by atoms with Crippen molar-refractivity contribution in [3.05, 3.63) is 35.6 Å². The van der Waals surface area contributed by atoms with Crippen molar-refractivity contribution in [2.75, 3.05) is 85.7 Å². The van der Waals surface area contributed by atoms with Crippen LogP contribution in [0.5, 0.6) is 0 Å². The number of likely N-dealkylation sites (N-methyl/N-ethyl adjacent to an activating group) is 1. The van der Waals surface area contributed by atoms with Crippen molar-refractivity contribution in [2.24, 2.45) is 4.99 Å². The second-order valence-corrected chi connectivity index (χ2v) is 8.58. The number of nitrogens with zero attached hydrogens (tertiary/aromatic N) is 4. The Morgan fingerprint density at radius 1 is 1.00 bits per heavy atom. The van der Waals surface area contributed by atoms with Crippen LogP contribution in [0.4, 0.5) is 4.39 Å². The van der Waals surface area contributed by atoms with Crippen LogP contribution in [0.1, 0.15) is 31.4 Å². The number of piperazine rings is 1. The van der Waals surface area contributed by atoms with E-state index in [4.69, 9.17) is 4.74 Å². The fraction of sp³-hybridized carbons (Fsp3) is 0.708. The molecule has 188 valence electrons. The van der Waals surface area contributed by atoms with E-state index < -0.39 is 0 Å². The smallest absolute Gasteiger partial charge is 0.191 e. The predicted octanol–water partition coefficient (Wildman–Crippen LogP) is 2.40. The van der Waals surface area contributed by atoms with Gasteiger partial charge in [0.05, 0.1) is 19.3 Å². The Hall–Kier alpha value is -1.01. The van der Waals surface area contributed by atoms with E-state index in [-0.39, 0.29) is 35.8 Å². The summed E-state index contributed by atoms with van der Waals surface area (Å²) in [5.74, 6) is 0.620. The van der Waals surface area contributed by atoms with E-state index in [1.807, 2.05) is 19.2 Å².